The highest BCUT2D eigenvalue weighted by atomic mass is 35.5. The lowest BCUT2D eigenvalue weighted by Gasteiger charge is -2.10. The van der Waals surface area contributed by atoms with Crippen molar-refractivity contribution in [1.29, 1.82) is 0 Å². The van der Waals surface area contributed by atoms with Gasteiger partial charge in [-0.3, -0.25) is 0 Å². The summed E-state index contributed by atoms with van der Waals surface area (Å²) in [7, 11) is 0. The van der Waals surface area contributed by atoms with Crippen LogP contribution in [0.1, 0.15) is 32.3 Å². The van der Waals surface area contributed by atoms with Gasteiger partial charge in [0.15, 0.2) is 0 Å². The molecule has 1 unspecified atom stereocenters. The van der Waals surface area contributed by atoms with Crippen LogP contribution in [0.3, 0.4) is 0 Å². The number of rotatable bonds is 2. The summed E-state index contributed by atoms with van der Waals surface area (Å²) < 4.78 is 18.9. The Balaban J connectivity index is 0.00000117. The Morgan fingerprint density at radius 3 is 2.79 bits per heavy atom. The van der Waals surface area contributed by atoms with E-state index in [2.05, 4.69) is 27.1 Å². The molecule has 7 heteroatoms. The van der Waals surface area contributed by atoms with Crippen LogP contribution in [0.15, 0.2) is 36.7 Å². The van der Waals surface area contributed by atoms with Gasteiger partial charge in [0, 0.05) is 28.9 Å². The van der Waals surface area contributed by atoms with E-state index in [1.807, 2.05) is 19.9 Å². The maximum atomic E-state index is 13.3. The summed E-state index contributed by atoms with van der Waals surface area (Å²) in [4.78, 5) is 8.57. The molecule has 29 heavy (non-hydrogen) atoms. The van der Waals surface area contributed by atoms with Crippen LogP contribution in [0.4, 0.5) is 21.6 Å². The molecule has 5 nitrogen and oxygen atoms in total. The van der Waals surface area contributed by atoms with E-state index in [1.54, 1.807) is 12.1 Å². The standard InChI is InChI=1S/C20H16ClFN4O.C2H6/c21-16-9-13(4-6-17(16)22)26-20-15-10-18(23)12(8-19(15)24-11-25-20)3-5-14-2-1-7-27-14;1-2/h4,6,8-11,14H,1-2,7,23H2,(H,24,25,26);1-2H3. The molecule has 1 aliphatic rings. The van der Waals surface area contributed by atoms with Crippen molar-refractivity contribution in [1.82, 2.24) is 9.97 Å². The third kappa shape index (κ3) is 4.94. The summed E-state index contributed by atoms with van der Waals surface area (Å²) in [5.74, 6) is 6.27. The summed E-state index contributed by atoms with van der Waals surface area (Å²) in [6, 6.07) is 7.98. The Labute approximate surface area is 174 Å². The number of nitrogens with zero attached hydrogens (tertiary/aromatic N) is 2. The Hall–Kier alpha value is -2.88. The van der Waals surface area contributed by atoms with Crippen molar-refractivity contribution in [2.24, 2.45) is 0 Å². The summed E-state index contributed by atoms with van der Waals surface area (Å²) in [6.45, 7) is 4.75. The molecule has 0 radical (unpaired) electrons. The van der Waals surface area contributed by atoms with Gasteiger partial charge < -0.3 is 15.8 Å². The predicted molar refractivity (Wildman–Crippen MR) is 116 cm³/mol. The molecule has 0 aliphatic carbocycles. The first-order valence-corrected chi connectivity index (χ1v) is 9.87. The highest BCUT2D eigenvalue weighted by Crippen LogP contribution is 2.28. The number of ether oxygens (including phenoxy) is 1. The van der Waals surface area contributed by atoms with Gasteiger partial charge in [-0.1, -0.05) is 37.3 Å². The van der Waals surface area contributed by atoms with Gasteiger partial charge >= 0.3 is 0 Å². The highest BCUT2D eigenvalue weighted by molar-refractivity contribution is 6.31. The number of hydrogen-bond donors (Lipinski definition) is 2. The van der Waals surface area contributed by atoms with E-state index in [-0.39, 0.29) is 11.1 Å². The van der Waals surface area contributed by atoms with Crippen LogP contribution in [0.25, 0.3) is 10.9 Å². The van der Waals surface area contributed by atoms with Crippen LogP contribution in [-0.4, -0.2) is 22.7 Å². The van der Waals surface area contributed by atoms with Crippen LogP contribution in [-0.2, 0) is 4.74 Å². The first-order valence-electron chi connectivity index (χ1n) is 9.49. The molecule has 1 atom stereocenters. The molecule has 1 saturated heterocycles. The van der Waals surface area contributed by atoms with Crippen molar-refractivity contribution in [3.63, 3.8) is 0 Å². The zero-order valence-electron chi connectivity index (χ0n) is 16.3. The zero-order chi connectivity index (χ0) is 20.8. The molecule has 0 bridgehead atoms. The summed E-state index contributed by atoms with van der Waals surface area (Å²) in [5, 5.41) is 3.89. The average molecular weight is 413 g/mol. The largest absolute Gasteiger partial charge is 0.398 e. The topological polar surface area (TPSA) is 73.1 Å². The van der Waals surface area contributed by atoms with Crippen molar-refractivity contribution in [3.05, 3.63) is 53.1 Å². The van der Waals surface area contributed by atoms with Crippen molar-refractivity contribution in [2.45, 2.75) is 32.8 Å². The lowest BCUT2D eigenvalue weighted by atomic mass is 10.1. The molecule has 1 fully saturated rings. The molecule has 0 spiro atoms. The fourth-order valence-electron chi connectivity index (χ4n) is 2.89. The Morgan fingerprint density at radius 1 is 1.24 bits per heavy atom. The van der Waals surface area contributed by atoms with E-state index in [0.717, 1.165) is 24.8 Å². The lowest BCUT2D eigenvalue weighted by Crippen LogP contribution is -2.01. The summed E-state index contributed by atoms with van der Waals surface area (Å²) >= 11 is 5.84. The first kappa shape index (κ1) is 20.8. The van der Waals surface area contributed by atoms with Crippen LogP contribution in [0, 0.1) is 17.7 Å². The normalized spacial score (nSPS) is 15.2. The quantitative estimate of drug-likeness (QED) is 0.441. The van der Waals surface area contributed by atoms with Crippen molar-refractivity contribution in [2.75, 3.05) is 17.7 Å². The number of halogens is 2. The van der Waals surface area contributed by atoms with Gasteiger partial charge in [-0.15, -0.1) is 0 Å². The molecule has 0 amide bonds. The average Bonchev–Trinajstić information content (AvgIpc) is 3.25. The number of nitrogen functional groups attached to an aromatic ring is 1. The van der Waals surface area contributed by atoms with Crippen molar-refractivity contribution in [3.8, 4) is 11.8 Å². The fraction of sp³-hybridized carbons (Fsp3) is 0.273. The van der Waals surface area contributed by atoms with Gasteiger partial charge in [-0.05, 0) is 43.2 Å². The van der Waals surface area contributed by atoms with E-state index in [0.29, 0.717) is 28.3 Å². The molecule has 3 aromatic rings. The van der Waals surface area contributed by atoms with Gasteiger partial charge in [-0.25, -0.2) is 14.4 Å². The number of benzene rings is 2. The number of anilines is 3. The van der Waals surface area contributed by atoms with Crippen LogP contribution in [0.2, 0.25) is 5.02 Å². The zero-order valence-corrected chi connectivity index (χ0v) is 17.1. The first-order chi connectivity index (χ1) is 14.1. The number of fused-ring (bicyclic) bond motifs is 1. The fourth-order valence-corrected chi connectivity index (χ4v) is 3.07. The molecule has 1 aromatic heterocycles. The second kappa shape index (κ2) is 9.55. The molecule has 1 aliphatic heterocycles. The van der Waals surface area contributed by atoms with Crippen molar-refractivity contribution < 1.29 is 9.13 Å². The van der Waals surface area contributed by atoms with E-state index in [1.165, 1.54) is 18.5 Å². The Morgan fingerprint density at radius 2 is 2.07 bits per heavy atom. The van der Waals surface area contributed by atoms with Gasteiger partial charge in [0.25, 0.3) is 0 Å². The molecular formula is C22H22ClFN4O. The molecule has 150 valence electrons. The minimum absolute atomic E-state index is 0.0320. The monoisotopic (exact) mass is 412 g/mol. The van der Waals surface area contributed by atoms with E-state index in [4.69, 9.17) is 22.1 Å². The van der Waals surface area contributed by atoms with E-state index >= 15 is 0 Å². The molecule has 4 rings (SSSR count). The smallest absolute Gasteiger partial charge is 0.141 e. The third-order valence-corrected chi connectivity index (χ3v) is 4.58. The lowest BCUT2D eigenvalue weighted by molar-refractivity contribution is 0.152. The van der Waals surface area contributed by atoms with Gasteiger partial charge in [0.1, 0.15) is 24.1 Å². The SMILES string of the molecule is CC.Nc1cc2c(Nc3ccc(F)c(Cl)c3)ncnc2cc1C#CC1CCCO1. The maximum Gasteiger partial charge on any atom is 0.141 e. The van der Waals surface area contributed by atoms with E-state index in [9.17, 15) is 4.39 Å². The third-order valence-electron chi connectivity index (χ3n) is 4.29. The predicted octanol–water partition coefficient (Wildman–Crippen LogP) is 5.30. The van der Waals surface area contributed by atoms with Gasteiger partial charge in [0.05, 0.1) is 10.5 Å². The molecular weight excluding hydrogens is 391 g/mol. The van der Waals surface area contributed by atoms with Crippen LogP contribution in [0.5, 0.6) is 0 Å². The number of aromatic nitrogens is 2. The van der Waals surface area contributed by atoms with E-state index < -0.39 is 5.82 Å². The highest BCUT2D eigenvalue weighted by Gasteiger charge is 2.13. The Bertz CT molecular complexity index is 1070. The Kier molecular flexibility index (Phi) is 6.86. The van der Waals surface area contributed by atoms with Gasteiger partial charge in [0.2, 0.25) is 0 Å². The molecule has 2 aromatic carbocycles. The maximum absolute atomic E-state index is 13.3. The minimum Gasteiger partial charge on any atom is -0.398 e. The minimum atomic E-state index is -0.478. The van der Waals surface area contributed by atoms with Crippen LogP contribution < -0.4 is 11.1 Å². The van der Waals surface area contributed by atoms with Crippen LogP contribution >= 0.6 is 11.6 Å². The summed E-state index contributed by atoms with van der Waals surface area (Å²) in [5.41, 5.74) is 8.73. The summed E-state index contributed by atoms with van der Waals surface area (Å²) in [6.07, 6.45) is 3.38. The number of nitrogens with two attached hydrogens (primary N) is 1. The number of nitrogens with one attached hydrogen (secondary N) is 1. The number of hydrogen-bond acceptors (Lipinski definition) is 5. The molecule has 2 heterocycles. The second-order valence-corrected chi connectivity index (χ2v) is 6.61. The van der Waals surface area contributed by atoms with Crippen molar-refractivity contribution >= 4 is 39.7 Å². The second-order valence-electron chi connectivity index (χ2n) is 6.20. The molecule has 3 N–H and O–H groups in total. The molecule has 0 saturated carbocycles. The van der Waals surface area contributed by atoms with Gasteiger partial charge in [-0.2, -0.15) is 0 Å².